The van der Waals surface area contributed by atoms with Gasteiger partial charge in [-0.1, -0.05) is 37.5 Å². The number of aromatic amines is 1. The van der Waals surface area contributed by atoms with Gasteiger partial charge in [-0.05, 0) is 61.0 Å². The maximum Gasteiger partial charge on any atom is 0.173 e. The van der Waals surface area contributed by atoms with Crippen molar-refractivity contribution < 1.29 is 4.74 Å². The molecule has 3 aromatic rings. The summed E-state index contributed by atoms with van der Waals surface area (Å²) in [5.74, 6) is 0.847. The zero-order valence-corrected chi connectivity index (χ0v) is 17.1. The second-order valence-electron chi connectivity index (χ2n) is 7.44. The number of para-hydroxylation sites is 1. The van der Waals surface area contributed by atoms with E-state index in [0.717, 1.165) is 23.1 Å². The molecule has 1 aliphatic carbocycles. The summed E-state index contributed by atoms with van der Waals surface area (Å²) in [5, 5.41) is 5.51. The van der Waals surface area contributed by atoms with Crippen molar-refractivity contribution in [3.63, 3.8) is 0 Å². The first-order valence-electron chi connectivity index (χ1n) is 10.0. The SMILES string of the molecule is COc1ccc(NC(=S)N(Cc2c[nH]c3ccccc23)C2CCCCC2)cc1. The highest BCUT2D eigenvalue weighted by atomic mass is 32.1. The number of thiocarbonyl (C=S) groups is 1. The van der Waals surface area contributed by atoms with Crippen molar-refractivity contribution in [1.29, 1.82) is 0 Å². The number of nitrogens with zero attached hydrogens (tertiary/aromatic N) is 1. The Morgan fingerprint density at radius 3 is 2.61 bits per heavy atom. The normalized spacial score (nSPS) is 14.8. The first-order valence-corrected chi connectivity index (χ1v) is 10.4. The Morgan fingerprint density at radius 2 is 1.86 bits per heavy atom. The molecule has 28 heavy (non-hydrogen) atoms. The van der Waals surface area contributed by atoms with Gasteiger partial charge in [0, 0.05) is 35.4 Å². The zero-order chi connectivity index (χ0) is 19.3. The summed E-state index contributed by atoms with van der Waals surface area (Å²) in [5.41, 5.74) is 3.46. The van der Waals surface area contributed by atoms with Gasteiger partial charge >= 0.3 is 0 Å². The van der Waals surface area contributed by atoms with Crippen LogP contribution in [0.15, 0.2) is 54.7 Å². The molecule has 5 heteroatoms. The van der Waals surface area contributed by atoms with E-state index in [-0.39, 0.29) is 0 Å². The lowest BCUT2D eigenvalue weighted by Gasteiger charge is -2.36. The van der Waals surface area contributed by atoms with Crippen molar-refractivity contribution in [2.45, 2.75) is 44.7 Å². The van der Waals surface area contributed by atoms with Crippen LogP contribution in [0.4, 0.5) is 5.69 Å². The van der Waals surface area contributed by atoms with E-state index < -0.39 is 0 Å². The fourth-order valence-electron chi connectivity index (χ4n) is 4.08. The highest BCUT2D eigenvalue weighted by Crippen LogP contribution is 2.27. The molecular weight excluding hydrogens is 366 g/mol. The lowest BCUT2D eigenvalue weighted by atomic mass is 9.94. The summed E-state index contributed by atoms with van der Waals surface area (Å²) in [6, 6.07) is 16.9. The largest absolute Gasteiger partial charge is 0.497 e. The maximum atomic E-state index is 5.87. The first-order chi connectivity index (χ1) is 13.7. The summed E-state index contributed by atoms with van der Waals surface area (Å²) in [7, 11) is 1.68. The van der Waals surface area contributed by atoms with Gasteiger partial charge in [0.05, 0.1) is 7.11 Å². The van der Waals surface area contributed by atoms with Gasteiger partial charge in [-0.25, -0.2) is 0 Å². The molecular formula is C23H27N3OS. The molecule has 4 nitrogen and oxygen atoms in total. The van der Waals surface area contributed by atoms with Crippen LogP contribution in [0.5, 0.6) is 5.75 Å². The molecule has 0 radical (unpaired) electrons. The number of H-pyrrole nitrogens is 1. The minimum Gasteiger partial charge on any atom is -0.497 e. The molecule has 0 unspecified atom stereocenters. The monoisotopic (exact) mass is 393 g/mol. The molecule has 1 heterocycles. The van der Waals surface area contributed by atoms with E-state index in [1.54, 1.807) is 7.11 Å². The fourth-order valence-corrected chi connectivity index (χ4v) is 4.41. The number of rotatable bonds is 5. The van der Waals surface area contributed by atoms with Crippen molar-refractivity contribution in [1.82, 2.24) is 9.88 Å². The third kappa shape index (κ3) is 4.14. The molecule has 0 aliphatic heterocycles. The number of nitrogens with one attached hydrogen (secondary N) is 2. The van der Waals surface area contributed by atoms with Crippen LogP contribution in [0, 0.1) is 0 Å². The number of aromatic nitrogens is 1. The Bertz CT molecular complexity index is 928. The lowest BCUT2D eigenvalue weighted by molar-refractivity contribution is 0.241. The predicted molar refractivity (Wildman–Crippen MR) is 120 cm³/mol. The van der Waals surface area contributed by atoms with Crippen molar-refractivity contribution in [3.05, 3.63) is 60.3 Å². The summed E-state index contributed by atoms with van der Waals surface area (Å²) < 4.78 is 5.25. The van der Waals surface area contributed by atoms with Crippen LogP contribution in [-0.2, 0) is 6.54 Å². The summed E-state index contributed by atoms with van der Waals surface area (Å²) in [4.78, 5) is 5.78. The third-order valence-electron chi connectivity index (χ3n) is 5.63. The molecule has 0 atom stereocenters. The fraction of sp³-hybridized carbons (Fsp3) is 0.348. The van der Waals surface area contributed by atoms with E-state index in [0.29, 0.717) is 6.04 Å². The molecule has 2 aromatic carbocycles. The van der Waals surface area contributed by atoms with E-state index >= 15 is 0 Å². The van der Waals surface area contributed by atoms with E-state index in [9.17, 15) is 0 Å². The quantitative estimate of drug-likeness (QED) is 0.545. The molecule has 1 aromatic heterocycles. The topological polar surface area (TPSA) is 40.3 Å². The molecule has 4 rings (SSSR count). The number of methoxy groups -OCH3 is 1. The number of fused-ring (bicyclic) bond motifs is 1. The van der Waals surface area contributed by atoms with Crippen LogP contribution in [0.2, 0.25) is 0 Å². The van der Waals surface area contributed by atoms with Gasteiger partial charge in [-0.2, -0.15) is 0 Å². The minimum absolute atomic E-state index is 0.487. The zero-order valence-electron chi connectivity index (χ0n) is 16.3. The van der Waals surface area contributed by atoms with Gasteiger partial charge < -0.3 is 19.9 Å². The second-order valence-corrected chi connectivity index (χ2v) is 7.82. The predicted octanol–water partition coefficient (Wildman–Crippen LogP) is 5.71. The summed E-state index contributed by atoms with van der Waals surface area (Å²) in [6.07, 6.45) is 8.41. The lowest BCUT2D eigenvalue weighted by Crippen LogP contribution is -2.43. The summed E-state index contributed by atoms with van der Waals surface area (Å²) in [6.45, 7) is 0.816. The van der Waals surface area contributed by atoms with Crippen LogP contribution in [0.1, 0.15) is 37.7 Å². The third-order valence-corrected chi connectivity index (χ3v) is 5.97. The summed E-state index contributed by atoms with van der Waals surface area (Å²) >= 11 is 5.87. The van der Waals surface area contributed by atoms with E-state index in [1.807, 2.05) is 24.3 Å². The Hall–Kier alpha value is -2.53. The molecule has 2 N–H and O–H groups in total. The minimum atomic E-state index is 0.487. The van der Waals surface area contributed by atoms with Gasteiger partial charge in [0.1, 0.15) is 5.75 Å². The molecule has 0 amide bonds. The highest BCUT2D eigenvalue weighted by molar-refractivity contribution is 7.80. The van der Waals surface area contributed by atoms with Crippen molar-refractivity contribution >= 4 is 33.9 Å². The smallest absolute Gasteiger partial charge is 0.173 e. The number of ether oxygens (including phenoxy) is 1. The Labute approximate surface area is 171 Å². The number of hydrogen-bond donors (Lipinski definition) is 2. The van der Waals surface area contributed by atoms with Gasteiger partial charge in [-0.3, -0.25) is 0 Å². The highest BCUT2D eigenvalue weighted by Gasteiger charge is 2.24. The number of anilines is 1. The molecule has 146 valence electrons. The van der Waals surface area contributed by atoms with Crippen molar-refractivity contribution in [2.24, 2.45) is 0 Å². The van der Waals surface area contributed by atoms with Gasteiger partial charge in [0.25, 0.3) is 0 Å². The van der Waals surface area contributed by atoms with Gasteiger partial charge in [-0.15, -0.1) is 0 Å². The molecule has 0 spiro atoms. The van der Waals surface area contributed by atoms with E-state index in [4.69, 9.17) is 17.0 Å². The van der Waals surface area contributed by atoms with E-state index in [2.05, 4.69) is 45.7 Å². The van der Waals surface area contributed by atoms with Crippen molar-refractivity contribution in [2.75, 3.05) is 12.4 Å². The van der Waals surface area contributed by atoms with Gasteiger partial charge in [0.2, 0.25) is 0 Å². The van der Waals surface area contributed by atoms with Crippen LogP contribution in [-0.4, -0.2) is 28.1 Å². The van der Waals surface area contributed by atoms with Gasteiger partial charge in [0.15, 0.2) is 5.11 Å². The number of benzene rings is 2. The van der Waals surface area contributed by atoms with Crippen LogP contribution in [0.25, 0.3) is 10.9 Å². The first kappa shape index (κ1) is 18.8. The van der Waals surface area contributed by atoms with Crippen LogP contribution in [0.3, 0.4) is 0 Å². The molecule has 1 saturated carbocycles. The molecule has 1 aliphatic rings. The Morgan fingerprint density at radius 1 is 1.11 bits per heavy atom. The van der Waals surface area contributed by atoms with Crippen molar-refractivity contribution in [3.8, 4) is 5.75 Å². The molecule has 0 saturated heterocycles. The average molecular weight is 394 g/mol. The average Bonchev–Trinajstić information content (AvgIpc) is 3.16. The van der Waals surface area contributed by atoms with Crippen LogP contribution < -0.4 is 10.1 Å². The molecule has 1 fully saturated rings. The Kier molecular flexibility index (Phi) is 5.81. The van der Waals surface area contributed by atoms with E-state index in [1.165, 1.54) is 48.6 Å². The standard InChI is InChI=1S/C23H27N3OS/c1-27-20-13-11-18(12-14-20)25-23(28)26(19-7-3-2-4-8-19)16-17-15-24-22-10-6-5-9-21(17)22/h5-6,9-15,19,24H,2-4,7-8,16H2,1H3,(H,25,28). The van der Waals surface area contributed by atoms with Crippen LogP contribution >= 0.6 is 12.2 Å². The molecule has 0 bridgehead atoms. The second kappa shape index (κ2) is 8.65. The Balaban J connectivity index is 1.56. The maximum absolute atomic E-state index is 5.87. The number of hydrogen-bond acceptors (Lipinski definition) is 2.